The van der Waals surface area contributed by atoms with Crippen LogP contribution in [0.15, 0.2) is 52.0 Å². The van der Waals surface area contributed by atoms with Gasteiger partial charge in [-0.15, -0.1) is 0 Å². The second-order valence-corrected chi connectivity index (χ2v) is 8.34. The highest BCUT2D eigenvalue weighted by Crippen LogP contribution is 2.22. The lowest BCUT2D eigenvalue weighted by molar-refractivity contribution is 0.0939. The number of nitrogens with one attached hydrogen (secondary N) is 2. The van der Waals surface area contributed by atoms with Crippen LogP contribution in [0.25, 0.3) is 0 Å². The van der Waals surface area contributed by atoms with Crippen LogP contribution in [0.2, 0.25) is 0 Å². The van der Waals surface area contributed by atoms with E-state index in [1.165, 1.54) is 12.1 Å². The molecule has 1 fully saturated rings. The largest absolute Gasteiger partial charge is 0.468 e. The Labute approximate surface area is 153 Å². The Balaban J connectivity index is 1.69. The topological polar surface area (TPSA) is 91.7 Å². The number of carbonyl (C=O) groups excluding carboxylic acids is 1. The van der Waals surface area contributed by atoms with E-state index >= 15 is 0 Å². The Hall–Kier alpha value is -2.16. The number of furan rings is 1. The summed E-state index contributed by atoms with van der Waals surface area (Å²) >= 11 is 0. The summed E-state index contributed by atoms with van der Waals surface area (Å²) in [6.45, 7) is 0.344. The summed E-state index contributed by atoms with van der Waals surface area (Å²) in [6.07, 6.45) is 3.31. The molecule has 3 rings (SSSR count). The molecule has 140 valence electrons. The van der Waals surface area contributed by atoms with Gasteiger partial charge in [0.1, 0.15) is 5.76 Å². The van der Waals surface area contributed by atoms with Gasteiger partial charge < -0.3 is 9.73 Å². The maximum absolute atomic E-state index is 12.5. The predicted octanol–water partition coefficient (Wildman–Crippen LogP) is 1.75. The molecule has 1 aliphatic carbocycles. The van der Waals surface area contributed by atoms with Crippen molar-refractivity contribution in [2.24, 2.45) is 0 Å². The van der Waals surface area contributed by atoms with Crippen LogP contribution in [0.1, 0.15) is 35.0 Å². The van der Waals surface area contributed by atoms with Crippen LogP contribution in [-0.2, 0) is 10.0 Å². The first-order valence-corrected chi connectivity index (χ1v) is 9.95. The molecule has 1 heterocycles. The van der Waals surface area contributed by atoms with Crippen molar-refractivity contribution in [3.63, 3.8) is 0 Å². The van der Waals surface area contributed by atoms with Gasteiger partial charge in [-0.25, -0.2) is 13.1 Å². The van der Waals surface area contributed by atoms with Crippen LogP contribution in [0.5, 0.6) is 0 Å². The highest BCUT2D eigenvalue weighted by molar-refractivity contribution is 7.89. The lowest BCUT2D eigenvalue weighted by Crippen LogP contribution is -2.34. The van der Waals surface area contributed by atoms with Crippen LogP contribution < -0.4 is 10.0 Å². The van der Waals surface area contributed by atoms with E-state index in [2.05, 4.69) is 10.0 Å². The number of hydrogen-bond donors (Lipinski definition) is 2. The second kappa shape index (κ2) is 7.61. The van der Waals surface area contributed by atoms with Gasteiger partial charge in [0.15, 0.2) is 0 Å². The first-order chi connectivity index (χ1) is 12.4. The van der Waals surface area contributed by atoms with Gasteiger partial charge in [-0.3, -0.25) is 9.69 Å². The van der Waals surface area contributed by atoms with Gasteiger partial charge in [0, 0.05) is 18.2 Å². The number of benzene rings is 1. The van der Waals surface area contributed by atoms with E-state index in [9.17, 15) is 13.2 Å². The van der Waals surface area contributed by atoms with Crippen molar-refractivity contribution in [3.8, 4) is 0 Å². The Morgan fingerprint density at radius 1 is 1.27 bits per heavy atom. The maximum atomic E-state index is 12.5. The van der Waals surface area contributed by atoms with E-state index < -0.39 is 10.0 Å². The van der Waals surface area contributed by atoms with Crippen LogP contribution in [0.4, 0.5) is 0 Å². The van der Waals surface area contributed by atoms with Gasteiger partial charge in [-0.2, -0.15) is 0 Å². The Bertz CT molecular complexity index is 858. The van der Waals surface area contributed by atoms with E-state index in [1.54, 1.807) is 24.5 Å². The summed E-state index contributed by atoms with van der Waals surface area (Å²) < 4.78 is 32.7. The van der Waals surface area contributed by atoms with E-state index in [-0.39, 0.29) is 22.9 Å². The smallest absolute Gasteiger partial charge is 0.251 e. The van der Waals surface area contributed by atoms with Crippen LogP contribution in [0, 0.1) is 0 Å². The van der Waals surface area contributed by atoms with Crippen LogP contribution in [0.3, 0.4) is 0 Å². The molecule has 7 nitrogen and oxygen atoms in total. The Morgan fingerprint density at radius 3 is 2.65 bits per heavy atom. The number of hydrogen-bond acceptors (Lipinski definition) is 5. The maximum Gasteiger partial charge on any atom is 0.251 e. The number of nitrogens with zero attached hydrogens (tertiary/aromatic N) is 1. The number of rotatable bonds is 8. The van der Waals surface area contributed by atoms with Crippen LogP contribution >= 0.6 is 0 Å². The predicted molar refractivity (Wildman–Crippen MR) is 97.3 cm³/mol. The van der Waals surface area contributed by atoms with Crippen molar-refractivity contribution < 1.29 is 17.6 Å². The average Bonchev–Trinajstić information content (AvgIpc) is 3.24. The Morgan fingerprint density at radius 2 is 2.04 bits per heavy atom. The zero-order valence-corrected chi connectivity index (χ0v) is 15.6. The van der Waals surface area contributed by atoms with Crippen molar-refractivity contribution in [3.05, 3.63) is 54.0 Å². The third-order valence-corrected chi connectivity index (χ3v) is 5.77. The summed E-state index contributed by atoms with van der Waals surface area (Å²) in [5.41, 5.74) is 0.306. The minimum atomic E-state index is -3.59. The zero-order chi connectivity index (χ0) is 18.7. The minimum absolute atomic E-state index is 0.0200. The summed E-state index contributed by atoms with van der Waals surface area (Å²) in [4.78, 5) is 14.5. The van der Waals surface area contributed by atoms with Gasteiger partial charge in [0.05, 0.1) is 17.2 Å². The third kappa shape index (κ3) is 4.51. The van der Waals surface area contributed by atoms with Gasteiger partial charge >= 0.3 is 0 Å². The fourth-order valence-corrected chi connectivity index (χ4v) is 3.95. The summed E-state index contributed by atoms with van der Waals surface area (Å²) in [5, 5.41) is 2.84. The van der Waals surface area contributed by atoms with Gasteiger partial charge in [-0.1, -0.05) is 6.07 Å². The molecule has 1 unspecified atom stereocenters. The Kier molecular flexibility index (Phi) is 5.45. The molecule has 1 aliphatic rings. The molecule has 26 heavy (non-hydrogen) atoms. The van der Waals surface area contributed by atoms with Crippen molar-refractivity contribution in [1.82, 2.24) is 14.9 Å². The lowest BCUT2D eigenvalue weighted by atomic mass is 10.2. The highest BCUT2D eigenvalue weighted by atomic mass is 32.2. The summed E-state index contributed by atoms with van der Waals surface area (Å²) in [5.74, 6) is 0.423. The molecular weight excluding hydrogens is 354 g/mol. The molecule has 0 radical (unpaired) electrons. The molecule has 1 saturated carbocycles. The molecule has 0 spiro atoms. The van der Waals surface area contributed by atoms with Gasteiger partial charge in [0.2, 0.25) is 10.0 Å². The van der Waals surface area contributed by atoms with Crippen molar-refractivity contribution in [2.45, 2.75) is 29.8 Å². The monoisotopic (exact) mass is 377 g/mol. The SMILES string of the molecule is CN(C)C(CNC(=O)c1cccc(S(=O)(=O)NC2CC2)c1)c1ccco1. The van der Waals surface area contributed by atoms with E-state index in [0.29, 0.717) is 12.1 Å². The first-order valence-electron chi connectivity index (χ1n) is 8.47. The molecule has 0 bridgehead atoms. The average molecular weight is 377 g/mol. The molecule has 2 N–H and O–H groups in total. The van der Waals surface area contributed by atoms with Crippen molar-refractivity contribution in [1.29, 1.82) is 0 Å². The molecular formula is C18H23N3O4S. The van der Waals surface area contributed by atoms with Gasteiger partial charge in [-0.05, 0) is 57.3 Å². The van der Waals surface area contributed by atoms with Crippen molar-refractivity contribution in [2.75, 3.05) is 20.6 Å². The lowest BCUT2D eigenvalue weighted by Gasteiger charge is -2.22. The second-order valence-electron chi connectivity index (χ2n) is 6.63. The molecule has 1 aromatic carbocycles. The summed E-state index contributed by atoms with van der Waals surface area (Å²) in [7, 11) is 0.211. The first kappa shape index (κ1) is 18.6. The number of carbonyl (C=O) groups is 1. The normalized spacial score (nSPS) is 15.8. The number of sulfonamides is 1. The van der Waals surface area contributed by atoms with E-state index in [4.69, 9.17) is 4.42 Å². The molecule has 1 aromatic heterocycles. The fourth-order valence-electron chi connectivity index (χ4n) is 2.60. The molecule has 0 aliphatic heterocycles. The third-order valence-electron chi connectivity index (χ3n) is 4.26. The molecule has 8 heteroatoms. The highest BCUT2D eigenvalue weighted by Gasteiger charge is 2.28. The summed E-state index contributed by atoms with van der Waals surface area (Å²) in [6, 6.07) is 9.63. The zero-order valence-electron chi connectivity index (χ0n) is 14.8. The standard InChI is InChI=1S/C18H23N3O4S/c1-21(2)16(17-7-4-10-25-17)12-19-18(22)13-5-3-6-15(11-13)26(23,24)20-14-8-9-14/h3-7,10-11,14,16,20H,8-9,12H2,1-2H3,(H,19,22). The minimum Gasteiger partial charge on any atom is -0.468 e. The van der Waals surface area contributed by atoms with E-state index in [1.807, 2.05) is 25.1 Å². The molecule has 1 atom stereocenters. The molecule has 0 saturated heterocycles. The van der Waals surface area contributed by atoms with Gasteiger partial charge in [0.25, 0.3) is 5.91 Å². The van der Waals surface area contributed by atoms with Crippen molar-refractivity contribution >= 4 is 15.9 Å². The number of likely N-dealkylation sites (N-methyl/N-ethyl adjacent to an activating group) is 1. The molecule has 1 amide bonds. The quantitative estimate of drug-likeness (QED) is 0.731. The van der Waals surface area contributed by atoms with Crippen LogP contribution in [-0.4, -0.2) is 45.9 Å². The fraction of sp³-hybridized carbons (Fsp3) is 0.389. The van der Waals surface area contributed by atoms with E-state index in [0.717, 1.165) is 18.6 Å². The molecule has 2 aromatic rings. The number of amides is 1.